The molecule has 0 spiro atoms. The standard InChI is InChI=1S/C18H24FN3O2S/c1-12-16(17(23)22(4)11-18(2,3)10-20)25-15(21-12)9-24-14-7-5-13(19)6-8-14/h5-8H,9-11,20H2,1-4H3. The van der Waals surface area contributed by atoms with E-state index in [2.05, 4.69) is 4.98 Å². The van der Waals surface area contributed by atoms with E-state index < -0.39 is 0 Å². The van der Waals surface area contributed by atoms with Crippen molar-refractivity contribution in [3.8, 4) is 5.75 Å². The van der Waals surface area contributed by atoms with Gasteiger partial charge < -0.3 is 15.4 Å². The second-order valence-electron chi connectivity index (χ2n) is 6.79. The van der Waals surface area contributed by atoms with E-state index in [9.17, 15) is 9.18 Å². The summed E-state index contributed by atoms with van der Waals surface area (Å²) < 4.78 is 18.5. The van der Waals surface area contributed by atoms with Gasteiger partial charge in [-0.25, -0.2) is 9.37 Å². The number of amides is 1. The molecular formula is C18H24FN3O2S. The molecule has 0 aliphatic carbocycles. The number of thiazole rings is 1. The highest BCUT2D eigenvalue weighted by Crippen LogP contribution is 2.23. The fourth-order valence-electron chi connectivity index (χ4n) is 2.34. The quantitative estimate of drug-likeness (QED) is 0.818. The molecule has 0 aliphatic rings. The van der Waals surface area contributed by atoms with Crippen LogP contribution >= 0.6 is 11.3 Å². The van der Waals surface area contributed by atoms with Crippen molar-refractivity contribution in [2.45, 2.75) is 27.4 Å². The van der Waals surface area contributed by atoms with Crippen LogP contribution in [0.1, 0.15) is 34.2 Å². The smallest absolute Gasteiger partial charge is 0.265 e. The monoisotopic (exact) mass is 365 g/mol. The molecule has 0 radical (unpaired) electrons. The van der Waals surface area contributed by atoms with Crippen LogP contribution in [-0.2, 0) is 6.61 Å². The molecule has 0 saturated heterocycles. The average molecular weight is 365 g/mol. The first kappa shape index (κ1) is 19.3. The van der Waals surface area contributed by atoms with Crippen LogP contribution in [-0.4, -0.2) is 35.9 Å². The molecule has 1 aromatic heterocycles. The zero-order valence-corrected chi connectivity index (χ0v) is 15.8. The lowest BCUT2D eigenvalue weighted by atomic mass is 9.93. The van der Waals surface area contributed by atoms with Crippen LogP contribution in [0.4, 0.5) is 4.39 Å². The van der Waals surface area contributed by atoms with Gasteiger partial charge in [0.25, 0.3) is 5.91 Å². The molecule has 0 bridgehead atoms. The number of hydrogen-bond donors (Lipinski definition) is 1. The summed E-state index contributed by atoms with van der Waals surface area (Å²) >= 11 is 1.32. The molecule has 0 saturated carbocycles. The number of carbonyl (C=O) groups excluding carboxylic acids is 1. The fourth-order valence-corrected chi connectivity index (χ4v) is 3.31. The van der Waals surface area contributed by atoms with Gasteiger partial charge in [0.05, 0.1) is 5.69 Å². The predicted molar refractivity (Wildman–Crippen MR) is 97.4 cm³/mol. The minimum Gasteiger partial charge on any atom is -0.486 e. The normalized spacial score (nSPS) is 11.4. The largest absolute Gasteiger partial charge is 0.486 e. The number of aromatic nitrogens is 1. The molecule has 0 atom stereocenters. The van der Waals surface area contributed by atoms with Crippen LogP contribution in [0.5, 0.6) is 5.75 Å². The summed E-state index contributed by atoms with van der Waals surface area (Å²) in [6.07, 6.45) is 0. The summed E-state index contributed by atoms with van der Waals surface area (Å²) in [4.78, 5) is 19.4. The molecule has 0 fully saturated rings. The summed E-state index contributed by atoms with van der Waals surface area (Å²) in [6.45, 7) is 7.18. The second kappa shape index (κ2) is 7.93. The highest BCUT2D eigenvalue weighted by molar-refractivity contribution is 7.13. The highest BCUT2D eigenvalue weighted by atomic mass is 32.1. The Labute approximate surface area is 151 Å². The molecule has 7 heteroatoms. The van der Waals surface area contributed by atoms with Crippen LogP contribution in [0.25, 0.3) is 0 Å². The summed E-state index contributed by atoms with van der Waals surface area (Å²) in [6, 6.07) is 5.80. The Morgan fingerprint density at radius 1 is 1.36 bits per heavy atom. The molecule has 0 aliphatic heterocycles. The lowest BCUT2D eigenvalue weighted by Gasteiger charge is -2.28. The SMILES string of the molecule is Cc1nc(COc2ccc(F)cc2)sc1C(=O)N(C)CC(C)(C)CN. The van der Waals surface area contributed by atoms with Gasteiger partial charge in [-0.15, -0.1) is 11.3 Å². The van der Waals surface area contributed by atoms with Crippen molar-refractivity contribution < 1.29 is 13.9 Å². The van der Waals surface area contributed by atoms with E-state index in [4.69, 9.17) is 10.5 Å². The molecule has 5 nitrogen and oxygen atoms in total. The van der Waals surface area contributed by atoms with Crippen molar-refractivity contribution in [1.82, 2.24) is 9.88 Å². The van der Waals surface area contributed by atoms with E-state index in [1.807, 2.05) is 20.8 Å². The summed E-state index contributed by atoms with van der Waals surface area (Å²) in [7, 11) is 1.77. The minimum absolute atomic E-state index is 0.0652. The maximum Gasteiger partial charge on any atom is 0.265 e. The van der Waals surface area contributed by atoms with Crippen LogP contribution in [0.15, 0.2) is 24.3 Å². The van der Waals surface area contributed by atoms with Crippen molar-refractivity contribution in [3.63, 3.8) is 0 Å². The predicted octanol–water partition coefficient (Wildman–Crippen LogP) is 3.23. The molecule has 0 unspecified atom stereocenters. The van der Waals surface area contributed by atoms with E-state index in [1.54, 1.807) is 24.1 Å². The number of benzene rings is 1. The molecule has 1 heterocycles. The number of aryl methyl sites for hydroxylation is 1. The van der Waals surface area contributed by atoms with Gasteiger partial charge in [-0.1, -0.05) is 13.8 Å². The molecule has 2 rings (SSSR count). The summed E-state index contributed by atoms with van der Waals surface area (Å²) in [5.41, 5.74) is 6.29. The van der Waals surface area contributed by atoms with E-state index in [0.29, 0.717) is 34.4 Å². The number of ether oxygens (including phenoxy) is 1. The lowest BCUT2D eigenvalue weighted by molar-refractivity contribution is 0.0744. The van der Waals surface area contributed by atoms with Gasteiger partial charge >= 0.3 is 0 Å². The zero-order valence-electron chi connectivity index (χ0n) is 15.0. The molecule has 1 aromatic carbocycles. The van der Waals surface area contributed by atoms with Gasteiger partial charge in [-0.2, -0.15) is 0 Å². The first-order chi connectivity index (χ1) is 11.7. The zero-order chi connectivity index (χ0) is 18.6. The maximum absolute atomic E-state index is 12.9. The second-order valence-corrected chi connectivity index (χ2v) is 7.88. The Morgan fingerprint density at radius 3 is 2.60 bits per heavy atom. The molecule has 25 heavy (non-hydrogen) atoms. The van der Waals surface area contributed by atoms with Gasteiger partial charge in [-0.3, -0.25) is 4.79 Å². The lowest BCUT2D eigenvalue weighted by Crippen LogP contribution is -2.39. The van der Waals surface area contributed by atoms with Crippen LogP contribution in [0, 0.1) is 18.2 Å². The molecule has 2 aromatic rings. The third kappa shape index (κ3) is 5.24. The molecule has 1 amide bonds. The van der Waals surface area contributed by atoms with E-state index >= 15 is 0 Å². The number of carbonyl (C=O) groups is 1. The van der Waals surface area contributed by atoms with Gasteiger partial charge in [0.15, 0.2) is 0 Å². The van der Waals surface area contributed by atoms with Crippen LogP contribution in [0.3, 0.4) is 0 Å². The van der Waals surface area contributed by atoms with Crippen LogP contribution < -0.4 is 10.5 Å². The molecule has 2 N–H and O–H groups in total. The van der Waals surface area contributed by atoms with Crippen molar-refractivity contribution in [1.29, 1.82) is 0 Å². The minimum atomic E-state index is -0.311. The van der Waals surface area contributed by atoms with E-state index in [0.717, 1.165) is 0 Å². The van der Waals surface area contributed by atoms with Crippen molar-refractivity contribution in [3.05, 3.63) is 45.7 Å². The Bertz CT molecular complexity index is 728. The number of nitrogens with two attached hydrogens (primary N) is 1. The number of rotatable bonds is 7. The first-order valence-corrected chi connectivity index (χ1v) is 8.84. The van der Waals surface area contributed by atoms with Crippen molar-refractivity contribution >= 4 is 17.2 Å². The summed E-state index contributed by atoms with van der Waals surface area (Å²) in [5.74, 6) is 0.183. The number of halogens is 1. The topological polar surface area (TPSA) is 68.5 Å². The van der Waals surface area contributed by atoms with Crippen LogP contribution in [0.2, 0.25) is 0 Å². The highest BCUT2D eigenvalue weighted by Gasteiger charge is 2.24. The number of hydrogen-bond acceptors (Lipinski definition) is 5. The van der Waals surface area contributed by atoms with E-state index in [1.165, 1.54) is 23.5 Å². The Morgan fingerprint density at radius 2 is 2.00 bits per heavy atom. The van der Waals surface area contributed by atoms with E-state index in [-0.39, 0.29) is 23.7 Å². The van der Waals surface area contributed by atoms with Gasteiger partial charge in [0, 0.05) is 13.6 Å². The van der Waals surface area contributed by atoms with Crippen molar-refractivity contribution in [2.75, 3.05) is 20.1 Å². The number of nitrogens with zero attached hydrogens (tertiary/aromatic N) is 2. The van der Waals surface area contributed by atoms with Crippen molar-refractivity contribution in [2.24, 2.45) is 11.1 Å². The van der Waals surface area contributed by atoms with Gasteiger partial charge in [0.2, 0.25) is 0 Å². The van der Waals surface area contributed by atoms with Gasteiger partial charge in [0.1, 0.15) is 28.1 Å². The maximum atomic E-state index is 12.9. The Kier molecular flexibility index (Phi) is 6.13. The fraction of sp³-hybridized carbons (Fsp3) is 0.444. The Balaban J connectivity index is 2.03. The Hall–Kier alpha value is -1.99. The summed E-state index contributed by atoms with van der Waals surface area (Å²) in [5, 5.41) is 0.705. The first-order valence-electron chi connectivity index (χ1n) is 8.02. The molecular weight excluding hydrogens is 341 g/mol. The third-order valence-corrected chi connectivity index (χ3v) is 4.89. The molecule has 136 valence electrons. The third-order valence-electron chi connectivity index (χ3n) is 3.78. The van der Waals surface area contributed by atoms with Gasteiger partial charge in [-0.05, 0) is 43.1 Å². The average Bonchev–Trinajstić information content (AvgIpc) is 2.94.